The van der Waals surface area contributed by atoms with Gasteiger partial charge in [-0.25, -0.2) is 4.98 Å². The number of likely N-dealkylation sites (tertiary alicyclic amines) is 1. The number of piperidine rings is 1. The predicted octanol–water partition coefficient (Wildman–Crippen LogP) is 5.98. The van der Waals surface area contributed by atoms with Crippen molar-refractivity contribution in [3.05, 3.63) is 65.4 Å². The first-order valence-corrected chi connectivity index (χ1v) is 10.9. The van der Waals surface area contributed by atoms with Gasteiger partial charge in [-0.05, 0) is 68.6 Å². The molecule has 3 aromatic rings. The molecule has 1 aromatic heterocycles. The molecule has 29 heavy (non-hydrogen) atoms. The van der Waals surface area contributed by atoms with Gasteiger partial charge in [-0.3, -0.25) is 4.79 Å². The third-order valence-corrected chi connectivity index (χ3v) is 6.24. The average molecular weight is 407 g/mol. The first-order chi connectivity index (χ1) is 14.0. The molecule has 1 amide bonds. The third-order valence-electron chi connectivity index (χ3n) is 5.27. The molecule has 1 aliphatic heterocycles. The van der Waals surface area contributed by atoms with Crippen molar-refractivity contribution in [1.82, 2.24) is 9.88 Å². The fourth-order valence-corrected chi connectivity index (χ4v) is 4.40. The molecule has 2 heterocycles. The van der Waals surface area contributed by atoms with Gasteiger partial charge in [-0.2, -0.15) is 0 Å². The number of carbonyl (C=O) groups is 1. The number of carbonyl (C=O) groups excluding carboxylic acids is 1. The Morgan fingerprint density at radius 1 is 1.07 bits per heavy atom. The lowest BCUT2D eigenvalue weighted by Crippen LogP contribution is -2.39. The number of aryl methyl sites for hydroxylation is 2. The van der Waals surface area contributed by atoms with E-state index in [1.54, 1.807) is 0 Å². The zero-order chi connectivity index (χ0) is 20.4. The van der Waals surface area contributed by atoms with Crippen molar-refractivity contribution >= 4 is 17.7 Å². The van der Waals surface area contributed by atoms with Crippen molar-refractivity contribution in [2.75, 3.05) is 13.1 Å². The maximum absolute atomic E-state index is 13.3. The number of hydrogen-bond donors (Lipinski definition) is 0. The summed E-state index contributed by atoms with van der Waals surface area (Å²) >= 11 is 1.46. The standard InChI is InChI=1S/C24H26N2O2S/c1-16-6-10-19(11-7-16)22-25-21(23(27)26-14-4-5-18(3)15-26)24(28-22)29-20-12-8-17(2)9-13-20/h6-13,18H,4-5,14-15H2,1-3H3/t18-/m0/s1. The minimum atomic E-state index is -0.0340. The molecule has 5 heteroatoms. The summed E-state index contributed by atoms with van der Waals surface area (Å²) in [6.07, 6.45) is 2.21. The maximum atomic E-state index is 13.3. The smallest absolute Gasteiger partial charge is 0.277 e. The van der Waals surface area contributed by atoms with Crippen LogP contribution in [0.1, 0.15) is 41.4 Å². The zero-order valence-corrected chi connectivity index (χ0v) is 18.0. The van der Waals surface area contributed by atoms with E-state index >= 15 is 0 Å². The normalized spacial score (nSPS) is 16.8. The highest BCUT2D eigenvalue weighted by atomic mass is 32.2. The number of hydrogen-bond acceptors (Lipinski definition) is 4. The van der Waals surface area contributed by atoms with Crippen molar-refractivity contribution in [3.63, 3.8) is 0 Å². The molecule has 0 radical (unpaired) electrons. The van der Waals surface area contributed by atoms with E-state index in [4.69, 9.17) is 4.42 Å². The van der Waals surface area contributed by atoms with Crippen LogP contribution in [0.25, 0.3) is 11.5 Å². The molecule has 0 N–H and O–H groups in total. The van der Waals surface area contributed by atoms with Crippen LogP contribution >= 0.6 is 11.8 Å². The summed E-state index contributed by atoms with van der Waals surface area (Å²) in [6.45, 7) is 7.86. The van der Waals surface area contributed by atoms with Crippen LogP contribution in [0.2, 0.25) is 0 Å². The second-order valence-electron chi connectivity index (χ2n) is 7.93. The molecule has 0 aliphatic carbocycles. The van der Waals surface area contributed by atoms with Crippen molar-refractivity contribution in [2.45, 2.75) is 43.6 Å². The molecule has 4 rings (SSSR count). The molecule has 0 spiro atoms. The minimum Gasteiger partial charge on any atom is -0.429 e. The van der Waals surface area contributed by atoms with Crippen LogP contribution in [-0.4, -0.2) is 28.9 Å². The molecule has 1 atom stereocenters. The third kappa shape index (κ3) is 4.56. The topological polar surface area (TPSA) is 46.3 Å². The van der Waals surface area contributed by atoms with Gasteiger partial charge in [0.25, 0.3) is 5.91 Å². The molecule has 150 valence electrons. The summed E-state index contributed by atoms with van der Waals surface area (Å²) in [5.41, 5.74) is 3.67. The summed E-state index contributed by atoms with van der Waals surface area (Å²) in [5, 5.41) is 0.563. The second kappa shape index (κ2) is 8.46. The molecular weight excluding hydrogens is 380 g/mol. The SMILES string of the molecule is Cc1ccc(Sc2oc(-c3ccc(C)cc3)nc2C(=O)N2CCC[C@H](C)C2)cc1. The highest BCUT2D eigenvalue weighted by Gasteiger charge is 2.28. The van der Waals surface area contributed by atoms with Gasteiger partial charge in [0.1, 0.15) is 0 Å². The van der Waals surface area contributed by atoms with E-state index < -0.39 is 0 Å². The highest BCUT2D eigenvalue weighted by molar-refractivity contribution is 7.99. The van der Waals surface area contributed by atoms with Gasteiger partial charge in [0, 0.05) is 23.5 Å². The largest absolute Gasteiger partial charge is 0.429 e. The van der Waals surface area contributed by atoms with Crippen LogP contribution in [0.5, 0.6) is 0 Å². The van der Waals surface area contributed by atoms with Crippen LogP contribution in [-0.2, 0) is 0 Å². The van der Waals surface area contributed by atoms with Crippen molar-refractivity contribution < 1.29 is 9.21 Å². The van der Waals surface area contributed by atoms with Crippen LogP contribution in [0.4, 0.5) is 0 Å². The number of oxazole rings is 1. The first kappa shape index (κ1) is 19.8. The lowest BCUT2D eigenvalue weighted by atomic mass is 10.0. The van der Waals surface area contributed by atoms with Gasteiger partial charge in [0.2, 0.25) is 5.89 Å². The number of nitrogens with zero attached hydrogens (tertiary/aromatic N) is 2. The Balaban J connectivity index is 1.69. The second-order valence-corrected chi connectivity index (χ2v) is 8.98. The van der Waals surface area contributed by atoms with Gasteiger partial charge in [0.05, 0.1) is 0 Å². The lowest BCUT2D eigenvalue weighted by molar-refractivity contribution is 0.0671. The summed E-state index contributed by atoms with van der Waals surface area (Å²) in [7, 11) is 0. The van der Waals surface area contributed by atoms with Gasteiger partial charge in [0.15, 0.2) is 10.8 Å². The van der Waals surface area contributed by atoms with E-state index in [9.17, 15) is 4.79 Å². The predicted molar refractivity (Wildman–Crippen MR) is 116 cm³/mol. The fourth-order valence-electron chi connectivity index (χ4n) is 3.57. The number of rotatable bonds is 4. The van der Waals surface area contributed by atoms with Crippen LogP contribution in [0, 0.1) is 19.8 Å². The van der Waals surface area contributed by atoms with E-state index in [1.807, 2.05) is 48.2 Å². The maximum Gasteiger partial charge on any atom is 0.277 e. The summed E-state index contributed by atoms with van der Waals surface area (Å²) < 4.78 is 6.12. The number of amides is 1. The Bertz CT molecular complexity index is 993. The van der Waals surface area contributed by atoms with E-state index in [2.05, 4.69) is 31.0 Å². The van der Waals surface area contributed by atoms with Crippen molar-refractivity contribution in [3.8, 4) is 11.5 Å². The first-order valence-electron chi connectivity index (χ1n) is 10.1. The van der Waals surface area contributed by atoms with Crippen molar-refractivity contribution in [1.29, 1.82) is 0 Å². The molecule has 0 bridgehead atoms. The van der Waals surface area contributed by atoms with E-state index in [0.29, 0.717) is 22.6 Å². The number of aromatic nitrogens is 1. The Kier molecular flexibility index (Phi) is 5.76. The highest BCUT2D eigenvalue weighted by Crippen LogP contribution is 2.35. The molecule has 0 unspecified atom stereocenters. The molecule has 1 fully saturated rings. The van der Waals surface area contributed by atoms with Gasteiger partial charge in [-0.1, -0.05) is 42.3 Å². The average Bonchev–Trinajstić information content (AvgIpc) is 3.13. The lowest BCUT2D eigenvalue weighted by Gasteiger charge is -2.30. The molecule has 1 saturated heterocycles. The fraction of sp³-hybridized carbons (Fsp3) is 0.333. The zero-order valence-electron chi connectivity index (χ0n) is 17.1. The molecule has 0 saturated carbocycles. The van der Waals surface area contributed by atoms with Crippen LogP contribution in [0.3, 0.4) is 0 Å². The Hall–Kier alpha value is -2.53. The summed E-state index contributed by atoms with van der Waals surface area (Å²) in [5.74, 6) is 0.977. The van der Waals surface area contributed by atoms with Gasteiger partial charge in [-0.15, -0.1) is 0 Å². The summed E-state index contributed by atoms with van der Waals surface area (Å²) in [4.78, 5) is 20.9. The van der Waals surface area contributed by atoms with Crippen molar-refractivity contribution in [2.24, 2.45) is 5.92 Å². The van der Waals surface area contributed by atoms with E-state index in [0.717, 1.165) is 30.0 Å². The van der Waals surface area contributed by atoms with E-state index in [1.165, 1.54) is 29.3 Å². The number of benzene rings is 2. The monoisotopic (exact) mass is 406 g/mol. The van der Waals surface area contributed by atoms with Crippen LogP contribution in [0.15, 0.2) is 62.9 Å². The minimum absolute atomic E-state index is 0.0340. The quantitative estimate of drug-likeness (QED) is 0.534. The molecule has 2 aromatic carbocycles. The Morgan fingerprint density at radius 3 is 2.38 bits per heavy atom. The Labute approximate surface area is 176 Å². The summed E-state index contributed by atoms with van der Waals surface area (Å²) in [6, 6.07) is 16.2. The van der Waals surface area contributed by atoms with E-state index in [-0.39, 0.29) is 5.91 Å². The molecular formula is C24H26N2O2S. The molecule has 1 aliphatic rings. The van der Waals surface area contributed by atoms with Gasteiger partial charge < -0.3 is 9.32 Å². The van der Waals surface area contributed by atoms with Crippen LogP contribution < -0.4 is 0 Å². The Morgan fingerprint density at radius 2 is 1.72 bits per heavy atom. The molecule has 4 nitrogen and oxygen atoms in total. The van der Waals surface area contributed by atoms with Gasteiger partial charge >= 0.3 is 0 Å².